The second-order valence-corrected chi connectivity index (χ2v) is 5.34. The summed E-state index contributed by atoms with van der Waals surface area (Å²) >= 11 is 0. The van der Waals surface area contributed by atoms with Crippen molar-refractivity contribution in [1.29, 1.82) is 0 Å². The molecule has 0 radical (unpaired) electrons. The fourth-order valence-electron chi connectivity index (χ4n) is 2.59. The predicted molar refractivity (Wildman–Crippen MR) is 43.3 cm³/mol. The number of halogens is 1. The quantitative estimate of drug-likeness (QED) is 0.614. The largest absolute Gasteiger partial charge is 0.306 e. The first kappa shape index (κ1) is 7.53. The molecule has 0 spiro atoms. The average Bonchev–Trinajstić information content (AvgIpc) is 1.53. The molecule has 0 saturated heterocycles. The summed E-state index contributed by atoms with van der Waals surface area (Å²) < 4.78 is 13.1. The fraction of sp³-hybridized carbons (Fsp3) is 1.00. The van der Waals surface area contributed by atoms with Gasteiger partial charge >= 0.3 is 0 Å². The fourth-order valence-corrected chi connectivity index (χ4v) is 2.59. The van der Waals surface area contributed by atoms with Crippen LogP contribution in [-0.2, 0) is 0 Å². The van der Waals surface area contributed by atoms with Gasteiger partial charge in [0.15, 0.2) is 0 Å². The average molecular weight is 157 g/mol. The van der Waals surface area contributed by atoms with Gasteiger partial charge in [-0.2, -0.15) is 0 Å². The minimum Gasteiger partial charge on any atom is -0.306 e. The molecular weight excluding hydrogens is 141 g/mol. The normalized spacial score (nSPS) is 48.0. The standard InChI is InChI=1S/C9H16FN/c1-7(2,3)11-9-4-8(10,5-9)6-9/h11H,4-6H2,1-3H3. The molecule has 0 aromatic carbocycles. The Hall–Kier alpha value is -0.110. The molecule has 0 aromatic heterocycles. The summed E-state index contributed by atoms with van der Waals surface area (Å²) in [6, 6.07) is 0. The van der Waals surface area contributed by atoms with Crippen LogP contribution in [0, 0.1) is 0 Å². The van der Waals surface area contributed by atoms with Crippen molar-refractivity contribution in [2.24, 2.45) is 0 Å². The summed E-state index contributed by atoms with van der Waals surface area (Å²) in [5, 5.41) is 3.48. The van der Waals surface area contributed by atoms with Crippen LogP contribution in [0.15, 0.2) is 0 Å². The van der Waals surface area contributed by atoms with Crippen LogP contribution in [0.3, 0.4) is 0 Å². The highest BCUT2D eigenvalue weighted by molar-refractivity contribution is 5.25. The van der Waals surface area contributed by atoms with Gasteiger partial charge in [-0.15, -0.1) is 0 Å². The molecule has 2 heteroatoms. The third kappa shape index (κ3) is 1.08. The molecule has 1 nitrogen and oxygen atoms in total. The molecule has 1 N–H and O–H groups in total. The Morgan fingerprint density at radius 2 is 1.64 bits per heavy atom. The molecule has 0 amide bonds. The zero-order valence-corrected chi connectivity index (χ0v) is 7.50. The molecule has 2 bridgehead atoms. The lowest BCUT2D eigenvalue weighted by Gasteiger charge is -2.67. The molecule has 11 heavy (non-hydrogen) atoms. The Bertz CT molecular complexity index is 172. The molecule has 3 aliphatic rings. The van der Waals surface area contributed by atoms with Crippen LogP contribution in [0.4, 0.5) is 4.39 Å². The summed E-state index contributed by atoms with van der Waals surface area (Å²) in [6.45, 7) is 6.41. The van der Waals surface area contributed by atoms with Crippen LogP contribution in [-0.4, -0.2) is 16.7 Å². The third-order valence-corrected chi connectivity index (χ3v) is 2.61. The van der Waals surface area contributed by atoms with E-state index in [9.17, 15) is 4.39 Å². The highest BCUT2D eigenvalue weighted by atomic mass is 19.1. The lowest BCUT2D eigenvalue weighted by Crippen LogP contribution is -2.78. The summed E-state index contributed by atoms with van der Waals surface area (Å²) in [4.78, 5) is 0. The second-order valence-electron chi connectivity index (χ2n) is 5.34. The Morgan fingerprint density at radius 3 is 1.91 bits per heavy atom. The van der Waals surface area contributed by atoms with Crippen molar-refractivity contribution in [3.8, 4) is 0 Å². The molecule has 3 rings (SSSR count). The Labute approximate surface area is 67.4 Å². The van der Waals surface area contributed by atoms with Gasteiger partial charge in [-0.05, 0) is 40.0 Å². The van der Waals surface area contributed by atoms with Crippen LogP contribution in [0.25, 0.3) is 0 Å². The third-order valence-electron chi connectivity index (χ3n) is 2.61. The molecule has 0 atom stereocenters. The Kier molecular flexibility index (Phi) is 1.12. The van der Waals surface area contributed by atoms with E-state index in [0.717, 1.165) is 19.3 Å². The second kappa shape index (κ2) is 1.63. The van der Waals surface area contributed by atoms with Gasteiger partial charge < -0.3 is 5.32 Å². The number of rotatable bonds is 1. The van der Waals surface area contributed by atoms with Gasteiger partial charge in [-0.1, -0.05) is 0 Å². The molecule has 3 saturated carbocycles. The van der Waals surface area contributed by atoms with E-state index in [-0.39, 0.29) is 11.1 Å². The topological polar surface area (TPSA) is 12.0 Å². The number of alkyl halides is 1. The van der Waals surface area contributed by atoms with Gasteiger partial charge in [-0.25, -0.2) is 4.39 Å². The van der Waals surface area contributed by atoms with Crippen molar-refractivity contribution in [3.05, 3.63) is 0 Å². The number of hydrogen-bond acceptors (Lipinski definition) is 1. The van der Waals surface area contributed by atoms with E-state index in [4.69, 9.17) is 0 Å². The zero-order chi connectivity index (χ0) is 8.33. The van der Waals surface area contributed by atoms with Crippen LogP contribution < -0.4 is 5.32 Å². The van der Waals surface area contributed by atoms with E-state index < -0.39 is 5.67 Å². The van der Waals surface area contributed by atoms with Crippen molar-refractivity contribution >= 4 is 0 Å². The lowest BCUT2D eigenvalue weighted by atomic mass is 9.47. The van der Waals surface area contributed by atoms with Gasteiger partial charge in [0.25, 0.3) is 0 Å². The molecule has 0 unspecified atom stereocenters. The van der Waals surface area contributed by atoms with Crippen LogP contribution in [0.2, 0.25) is 0 Å². The summed E-state index contributed by atoms with van der Waals surface area (Å²) in [6.07, 6.45) is 2.24. The van der Waals surface area contributed by atoms with Gasteiger partial charge in [0.2, 0.25) is 0 Å². The van der Waals surface area contributed by atoms with Crippen LogP contribution in [0.1, 0.15) is 40.0 Å². The SMILES string of the molecule is CC(C)(C)NC12CC(F)(C1)C2. The smallest absolute Gasteiger partial charge is 0.116 e. The first-order chi connectivity index (χ1) is 4.83. The molecule has 0 aliphatic heterocycles. The highest BCUT2D eigenvalue weighted by Crippen LogP contribution is 2.63. The van der Waals surface area contributed by atoms with Crippen LogP contribution in [0.5, 0.6) is 0 Å². The van der Waals surface area contributed by atoms with E-state index in [1.807, 2.05) is 0 Å². The van der Waals surface area contributed by atoms with Crippen molar-refractivity contribution in [2.45, 2.75) is 56.8 Å². The molecular formula is C9H16FN. The molecule has 3 fully saturated rings. The number of nitrogens with one attached hydrogen (secondary N) is 1. The first-order valence-electron chi connectivity index (χ1n) is 4.31. The van der Waals surface area contributed by atoms with E-state index in [1.165, 1.54) is 0 Å². The monoisotopic (exact) mass is 157 g/mol. The zero-order valence-electron chi connectivity index (χ0n) is 7.50. The predicted octanol–water partition coefficient (Wildman–Crippen LogP) is 2.02. The van der Waals surface area contributed by atoms with Crippen molar-refractivity contribution in [1.82, 2.24) is 5.32 Å². The Balaban J connectivity index is 1.91. The van der Waals surface area contributed by atoms with E-state index in [2.05, 4.69) is 26.1 Å². The van der Waals surface area contributed by atoms with E-state index >= 15 is 0 Å². The van der Waals surface area contributed by atoms with Gasteiger partial charge in [0, 0.05) is 11.1 Å². The molecule has 0 aromatic rings. The minimum atomic E-state index is -0.766. The van der Waals surface area contributed by atoms with Crippen molar-refractivity contribution in [2.75, 3.05) is 0 Å². The van der Waals surface area contributed by atoms with E-state index in [1.54, 1.807) is 0 Å². The summed E-state index contributed by atoms with van der Waals surface area (Å²) in [7, 11) is 0. The maximum atomic E-state index is 13.1. The van der Waals surface area contributed by atoms with Gasteiger partial charge in [0.05, 0.1) is 0 Å². The number of hydrogen-bond donors (Lipinski definition) is 1. The summed E-state index contributed by atoms with van der Waals surface area (Å²) in [5.41, 5.74) is -0.438. The highest BCUT2D eigenvalue weighted by Gasteiger charge is 2.69. The van der Waals surface area contributed by atoms with Crippen molar-refractivity contribution in [3.63, 3.8) is 0 Å². The molecule has 3 aliphatic carbocycles. The first-order valence-corrected chi connectivity index (χ1v) is 4.31. The van der Waals surface area contributed by atoms with Gasteiger partial charge in [-0.3, -0.25) is 0 Å². The Morgan fingerprint density at radius 1 is 1.18 bits per heavy atom. The van der Waals surface area contributed by atoms with Crippen molar-refractivity contribution < 1.29 is 4.39 Å². The molecule has 0 heterocycles. The lowest BCUT2D eigenvalue weighted by molar-refractivity contribution is -0.177. The molecule has 64 valence electrons. The van der Waals surface area contributed by atoms with Crippen LogP contribution >= 0.6 is 0 Å². The maximum Gasteiger partial charge on any atom is 0.116 e. The summed E-state index contributed by atoms with van der Waals surface area (Å²) in [5.74, 6) is 0. The van der Waals surface area contributed by atoms with Gasteiger partial charge in [0.1, 0.15) is 5.67 Å². The maximum absolute atomic E-state index is 13.1. The minimum absolute atomic E-state index is 0.141. The van der Waals surface area contributed by atoms with E-state index in [0.29, 0.717) is 0 Å².